The van der Waals surface area contributed by atoms with E-state index in [1.807, 2.05) is 31.2 Å². The third-order valence-corrected chi connectivity index (χ3v) is 4.94. The Kier molecular flexibility index (Phi) is 5.16. The largest absolute Gasteiger partial charge is 0.440 e. The predicted octanol–water partition coefficient (Wildman–Crippen LogP) is 2.78. The molecule has 0 bridgehead atoms. The average Bonchev–Trinajstić information content (AvgIpc) is 2.61. The number of benzene rings is 1. The lowest BCUT2D eigenvalue weighted by Crippen LogP contribution is -2.33. The molecule has 0 spiro atoms. The molecule has 1 atom stereocenters. The van der Waals surface area contributed by atoms with E-state index in [1.54, 1.807) is 17.7 Å². The van der Waals surface area contributed by atoms with Crippen molar-refractivity contribution in [1.82, 2.24) is 4.57 Å². The summed E-state index contributed by atoms with van der Waals surface area (Å²) in [7, 11) is 1.59. The van der Waals surface area contributed by atoms with Gasteiger partial charge in [-0.2, -0.15) is 5.26 Å². The summed E-state index contributed by atoms with van der Waals surface area (Å²) in [4.78, 5) is 13.2. The van der Waals surface area contributed by atoms with Gasteiger partial charge in [-0.05, 0) is 24.6 Å². The van der Waals surface area contributed by atoms with Crippen molar-refractivity contribution < 1.29 is 9.47 Å². The zero-order chi connectivity index (χ0) is 18.8. The number of pyridine rings is 1. The zero-order valence-corrected chi connectivity index (χ0v) is 16.0. The van der Waals surface area contributed by atoms with E-state index in [2.05, 4.69) is 22.0 Å². The molecule has 0 aliphatic carbocycles. The highest BCUT2D eigenvalue weighted by Gasteiger charge is 2.34. The predicted molar refractivity (Wildman–Crippen MR) is 101 cm³/mol. The molecule has 3 rings (SSSR count). The quantitative estimate of drug-likeness (QED) is 0.828. The Morgan fingerprint density at radius 2 is 2.08 bits per heavy atom. The Bertz CT molecular complexity index is 971. The number of rotatable bonds is 4. The average molecular weight is 416 g/mol. The van der Waals surface area contributed by atoms with E-state index in [0.29, 0.717) is 24.5 Å². The maximum absolute atomic E-state index is 13.2. The van der Waals surface area contributed by atoms with Crippen LogP contribution < -0.4 is 16.0 Å². The van der Waals surface area contributed by atoms with E-state index >= 15 is 0 Å². The highest BCUT2D eigenvalue weighted by molar-refractivity contribution is 9.10. The van der Waals surface area contributed by atoms with Gasteiger partial charge in [0.2, 0.25) is 5.88 Å². The second-order valence-electron chi connectivity index (χ2n) is 5.99. The molecule has 2 N–H and O–H groups in total. The topological polar surface area (TPSA) is 90.3 Å². The minimum Gasteiger partial charge on any atom is -0.440 e. The van der Waals surface area contributed by atoms with Gasteiger partial charge in [0.25, 0.3) is 5.56 Å². The van der Waals surface area contributed by atoms with Crippen molar-refractivity contribution in [2.24, 2.45) is 5.73 Å². The van der Waals surface area contributed by atoms with E-state index < -0.39 is 5.92 Å². The third kappa shape index (κ3) is 3.14. The number of allylic oxidation sites excluding steroid dienone is 1. The van der Waals surface area contributed by atoms with Crippen LogP contribution in [0.5, 0.6) is 5.75 Å². The Balaban J connectivity index is 2.25. The van der Waals surface area contributed by atoms with Crippen LogP contribution in [0.2, 0.25) is 0 Å². The SMILES string of the molecule is COCCn1c(C)cc2c(c1=O)[C@@H](c1ccc(Br)cc1)C(C#N)=C(N)O2. The lowest BCUT2D eigenvalue weighted by molar-refractivity contribution is 0.185. The van der Waals surface area contributed by atoms with Crippen LogP contribution in [-0.4, -0.2) is 18.3 Å². The maximum atomic E-state index is 13.2. The van der Waals surface area contributed by atoms with Crippen LogP contribution in [0.1, 0.15) is 22.7 Å². The van der Waals surface area contributed by atoms with E-state index in [-0.39, 0.29) is 17.0 Å². The van der Waals surface area contributed by atoms with Gasteiger partial charge in [-0.1, -0.05) is 28.1 Å². The first-order valence-electron chi connectivity index (χ1n) is 8.04. The van der Waals surface area contributed by atoms with Crippen LogP contribution >= 0.6 is 15.9 Å². The summed E-state index contributed by atoms with van der Waals surface area (Å²) in [5.74, 6) is -0.148. The van der Waals surface area contributed by atoms with Gasteiger partial charge in [0.05, 0.1) is 18.1 Å². The molecule has 1 aromatic carbocycles. The van der Waals surface area contributed by atoms with Gasteiger partial charge >= 0.3 is 0 Å². The molecular weight excluding hydrogens is 398 g/mol. The van der Waals surface area contributed by atoms with E-state index in [4.69, 9.17) is 15.2 Å². The van der Waals surface area contributed by atoms with Gasteiger partial charge < -0.3 is 19.8 Å². The smallest absolute Gasteiger partial charge is 0.258 e. The standard InChI is InChI=1S/C19H18BrN3O3/c1-11-9-15-17(19(24)23(11)7-8-25-2)16(14(10-21)18(22)26-15)12-3-5-13(20)6-4-12/h3-6,9,16H,7-8,22H2,1-2H3/t16-/m0/s1. The van der Waals surface area contributed by atoms with E-state index in [0.717, 1.165) is 15.7 Å². The number of ether oxygens (including phenoxy) is 2. The second-order valence-corrected chi connectivity index (χ2v) is 6.91. The Labute approximate surface area is 159 Å². The molecule has 134 valence electrons. The summed E-state index contributed by atoms with van der Waals surface area (Å²) in [6, 6.07) is 11.4. The number of halogens is 1. The summed E-state index contributed by atoms with van der Waals surface area (Å²) in [5, 5.41) is 9.62. The van der Waals surface area contributed by atoms with Crippen molar-refractivity contribution in [3.8, 4) is 11.8 Å². The van der Waals surface area contributed by atoms with Crippen LogP contribution in [0.15, 0.2) is 51.1 Å². The summed E-state index contributed by atoms with van der Waals surface area (Å²) >= 11 is 3.40. The van der Waals surface area contributed by atoms with Gasteiger partial charge in [-0.25, -0.2) is 0 Å². The molecule has 1 aliphatic heterocycles. The third-order valence-electron chi connectivity index (χ3n) is 4.41. The zero-order valence-electron chi connectivity index (χ0n) is 14.5. The molecule has 1 aliphatic rings. The monoisotopic (exact) mass is 415 g/mol. The summed E-state index contributed by atoms with van der Waals surface area (Å²) in [6.45, 7) is 2.66. The van der Waals surface area contributed by atoms with Gasteiger partial charge in [0.1, 0.15) is 17.4 Å². The number of hydrogen-bond donors (Lipinski definition) is 1. The van der Waals surface area contributed by atoms with Gasteiger partial charge in [0.15, 0.2) is 0 Å². The number of nitrogens with zero attached hydrogens (tertiary/aromatic N) is 2. The highest BCUT2D eigenvalue weighted by Crippen LogP contribution is 2.40. The molecule has 0 radical (unpaired) electrons. The summed E-state index contributed by atoms with van der Waals surface area (Å²) < 4.78 is 13.3. The van der Waals surface area contributed by atoms with Crippen molar-refractivity contribution in [3.05, 3.63) is 73.4 Å². The van der Waals surface area contributed by atoms with Gasteiger partial charge in [0, 0.05) is 29.9 Å². The Hall–Kier alpha value is -2.56. The summed E-state index contributed by atoms with van der Waals surface area (Å²) in [5.41, 5.74) is 7.97. The molecule has 0 saturated heterocycles. The minimum absolute atomic E-state index is 0.0290. The van der Waals surface area contributed by atoms with Crippen LogP contribution in [0, 0.1) is 18.3 Å². The molecule has 1 aromatic heterocycles. The first-order chi connectivity index (χ1) is 12.5. The number of hydrogen-bond acceptors (Lipinski definition) is 5. The fourth-order valence-corrected chi connectivity index (χ4v) is 3.40. The minimum atomic E-state index is -0.571. The Morgan fingerprint density at radius 3 is 2.69 bits per heavy atom. The first kappa shape index (κ1) is 18.2. The molecule has 2 aromatic rings. The maximum Gasteiger partial charge on any atom is 0.258 e. The molecule has 0 unspecified atom stereocenters. The number of aryl methyl sites for hydroxylation is 1. The van der Waals surface area contributed by atoms with Crippen LogP contribution in [0.3, 0.4) is 0 Å². The Morgan fingerprint density at radius 1 is 1.38 bits per heavy atom. The number of methoxy groups -OCH3 is 1. The second kappa shape index (κ2) is 7.36. The fraction of sp³-hybridized carbons (Fsp3) is 0.263. The van der Waals surface area contributed by atoms with Gasteiger partial charge in [-0.15, -0.1) is 0 Å². The first-order valence-corrected chi connectivity index (χ1v) is 8.83. The van der Waals surface area contributed by atoms with Crippen LogP contribution in [0.25, 0.3) is 0 Å². The number of fused-ring (bicyclic) bond motifs is 1. The van der Waals surface area contributed by atoms with E-state index in [1.165, 1.54) is 0 Å². The molecule has 0 fully saturated rings. The fourth-order valence-electron chi connectivity index (χ4n) is 3.14. The number of nitriles is 1. The van der Waals surface area contributed by atoms with Crippen molar-refractivity contribution in [2.75, 3.05) is 13.7 Å². The number of nitrogens with two attached hydrogens (primary N) is 1. The molecule has 6 nitrogen and oxygen atoms in total. The van der Waals surface area contributed by atoms with Crippen molar-refractivity contribution in [2.45, 2.75) is 19.4 Å². The highest BCUT2D eigenvalue weighted by atomic mass is 79.9. The van der Waals surface area contributed by atoms with Crippen LogP contribution in [0.4, 0.5) is 0 Å². The van der Waals surface area contributed by atoms with Crippen molar-refractivity contribution in [3.63, 3.8) is 0 Å². The molecule has 0 saturated carbocycles. The normalized spacial score (nSPS) is 16.0. The molecule has 0 amide bonds. The lowest BCUT2D eigenvalue weighted by Gasteiger charge is -2.27. The number of aromatic nitrogens is 1. The summed E-state index contributed by atoms with van der Waals surface area (Å²) in [6.07, 6.45) is 0. The molecule has 26 heavy (non-hydrogen) atoms. The van der Waals surface area contributed by atoms with Crippen molar-refractivity contribution >= 4 is 15.9 Å². The van der Waals surface area contributed by atoms with E-state index in [9.17, 15) is 10.1 Å². The van der Waals surface area contributed by atoms with Crippen molar-refractivity contribution in [1.29, 1.82) is 5.26 Å². The van der Waals surface area contributed by atoms with Crippen LogP contribution in [-0.2, 0) is 11.3 Å². The van der Waals surface area contributed by atoms with Gasteiger partial charge in [-0.3, -0.25) is 4.79 Å². The molecule has 7 heteroatoms. The lowest BCUT2D eigenvalue weighted by atomic mass is 9.84. The molecular formula is C19H18BrN3O3. The molecule has 2 heterocycles.